The number of carboxylic acids is 1. The van der Waals surface area contributed by atoms with Crippen LogP contribution in [-0.4, -0.2) is 57.9 Å². The molecule has 7 heteroatoms. The van der Waals surface area contributed by atoms with Crippen molar-refractivity contribution in [3.8, 4) is 5.75 Å². The van der Waals surface area contributed by atoms with Gasteiger partial charge in [0.25, 0.3) is 0 Å². The van der Waals surface area contributed by atoms with Crippen LogP contribution in [0.4, 0.5) is 5.69 Å². The number of carboxylic acid groups (broad SMARTS) is 1. The number of nitrogens with zero attached hydrogens (tertiary/aromatic N) is 1. The number of hydrogen-bond acceptors (Lipinski definition) is 4. The van der Waals surface area contributed by atoms with Gasteiger partial charge in [-0.1, -0.05) is 6.07 Å². The number of nitrogen functional groups attached to an aromatic ring is 1. The van der Waals surface area contributed by atoms with Crippen molar-refractivity contribution in [1.29, 1.82) is 0 Å². The monoisotopic (exact) mass is 347 g/mol. The quantitative estimate of drug-likeness (QED) is 0.429. The topological polar surface area (TPSA) is 94.0 Å². The maximum absolute atomic E-state index is 13.0. The van der Waals surface area contributed by atoms with E-state index >= 15 is 0 Å². The molecule has 0 unspecified atom stereocenters. The number of methoxy groups -OCH3 is 1. The summed E-state index contributed by atoms with van der Waals surface area (Å²) >= 11 is 0. The Kier molecular flexibility index (Phi) is 5.57. The summed E-state index contributed by atoms with van der Waals surface area (Å²) < 4.78 is 7.16. The van der Waals surface area contributed by atoms with Crippen LogP contribution in [0.2, 0.25) is 0 Å². The predicted molar refractivity (Wildman–Crippen MR) is 95.7 cm³/mol. The molecule has 25 heavy (non-hydrogen) atoms. The number of pyridine rings is 1. The van der Waals surface area contributed by atoms with Crippen molar-refractivity contribution in [2.75, 3.05) is 12.8 Å². The van der Waals surface area contributed by atoms with E-state index in [1.54, 1.807) is 24.6 Å². The van der Waals surface area contributed by atoms with Gasteiger partial charge in [-0.2, -0.15) is 0 Å². The van der Waals surface area contributed by atoms with E-state index in [0.29, 0.717) is 17.0 Å². The van der Waals surface area contributed by atoms with Crippen LogP contribution in [0, 0.1) is 6.92 Å². The van der Waals surface area contributed by atoms with Gasteiger partial charge in [0.1, 0.15) is 11.4 Å². The molecule has 0 saturated heterocycles. The Bertz CT molecular complexity index is 979. The third kappa shape index (κ3) is 3.16. The number of fused-ring (bicyclic) bond motifs is 1. The van der Waals surface area contributed by atoms with Crippen molar-refractivity contribution < 1.29 is 19.4 Å². The minimum atomic E-state index is -1.17. The van der Waals surface area contributed by atoms with Gasteiger partial charge in [-0.25, -0.2) is 4.79 Å². The fourth-order valence-electron chi connectivity index (χ4n) is 2.86. The van der Waals surface area contributed by atoms with Gasteiger partial charge in [0.05, 0.1) is 18.2 Å². The van der Waals surface area contributed by atoms with Crippen molar-refractivity contribution in [2.24, 2.45) is 0 Å². The van der Waals surface area contributed by atoms with E-state index in [-0.39, 0.29) is 52.2 Å². The fourth-order valence-corrected chi connectivity index (χ4v) is 2.86. The fraction of sp³-hybridized carbons (Fsp3) is 0.111. The molecule has 3 N–H and O–H groups in total. The third-order valence-corrected chi connectivity index (χ3v) is 3.99. The first-order valence-electron chi connectivity index (χ1n) is 7.27. The van der Waals surface area contributed by atoms with Crippen LogP contribution in [0.25, 0.3) is 5.52 Å². The third-order valence-electron chi connectivity index (χ3n) is 3.99. The zero-order valence-electron chi connectivity index (χ0n) is 14.2. The number of ketones is 1. The molecular formula is C18H16N2NaO4. The molecule has 1 radical (unpaired) electrons. The summed E-state index contributed by atoms with van der Waals surface area (Å²) in [6.07, 6.45) is 1.77. The molecule has 0 aliphatic carbocycles. The normalized spacial score (nSPS) is 10.3. The largest absolute Gasteiger partial charge is 0.494 e. The number of hydrogen-bond donors (Lipinski definition) is 2. The Hall–Kier alpha value is -2.28. The number of rotatable bonds is 4. The molecule has 6 nitrogen and oxygen atoms in total. The Morgan fingerprint density at radius 2 is 1.92 bits per heavy atom. The van der Waals surface area contributed by atoms with E-state index < -0.39 is 5.97 Å². The molecule has 0 atom stereocenters. The van der Waals surface area contributed by atoms with Crippen molar-refractivity contribution >= 4 is 52.5 Å². The number of benzene rings is 1. The summed E-state index contributed by atoms with van der Waals surface area (Å²) in [6, 6.07) is 9.78. The smallest absolute Gasteiger partial charge is 0.337 e. The standard InChI is InChI=1S/C18H16N2O4.Na/c1-10-15(20-8-4-3-5-14(20)17(10)24-2)16(21)11-6-7-13(19)12(9-11)18(22)23;/h3-9H,19H2,1-2H3,(H,22,23);. The van der Waals surface area contributed by atoms with E-state index in [1.165, 1.54) is 18.2 Å². The first-order chi connectivity index (χ1) is 11.5. The molecule has 0 spiro atoms. The number of nitrogens with two attached hydrogens (primary N) is 1. The molecular weight excluding hydrogens is 331 g/mol. The number of carbonyl (C=O) groups is 2. The van der Waals surface area contributed by atoms with Gasteiger partial charge in [0, 0.05) is 52.6 Å². The van der Waals surface area contributed by atoms with Crippen LogP contribution < -0.4 is 10.5 Å². The van der Waals surface area contributed by atoms with E-state index in [9.17, 15) is 14.7 Å². The molecule has 3 aromatic rings. The molecule has 123 valence electrons. The number of ether oxygens (including phenoxy) is 1. The van der Waals surface area contributed by atoms with Gasteiger partial charge >= 0.3 is 5.97 Å². The molecule has 3 rings (SSSR count). The Labute approximate surface area is 166 Å². The van der Waals surface area contributed by atoms with Gasteiger partial charge in [0.2, 0.25) is 5.78 Å². The summed E-state index contributed by atoms with van der Waals surface area (Å²) in [6.45, 7) is 1.80. The van der Waals surface area contributed by atoms with Crippen LogP contribution in [-0.2, 0) is 0 Å². The zero-order valence-corrected chi connectivity index (χ0v) is 16.2. The minimum absolute atomic E-state index is 0. The van der Waals surface area contributed by atoms with Gasteiger partial charge in [-0.3, -0.25) is 4.79 Å². The van der Waals surface area contributed by atoms with Crippen LogP contribution in [0.15, 0.2) is 42.6 Å². The van der Waals surface area contributed by atoms with E-state index in [0.717, 1.165) is 5.52 Å². The van der Waals surface area contributed by atoms with Crippen molar-refractivity contribution in [2.45, 2.75) is 6.92 Å². The van der Waals surface area contributed by atoms with Gasteiger partial charge in [-0.05, 0) is 37.3 Å². The molecule has 0 aliphatic rings. The van der Waals surface area contributed by atoms with Crippen molar-refractivity contribution in [3.05, 3.63) is 65.0 Å². The van der Waals surface area contributed by atoms with Gasteiger partial charge in [0.15, 0.2) is 0 Å². The van der Waals surface area contributed by atoms with Crippen molar-refractivity contribution in [3.63, 3.8) is 0 Å². The molecule has 0 fully saturated rings. The van der Waals surface area contributed by atoms with E-state index in [4.69, 9.17) is 10.5 Å². The summed E-state index contributed by atoms with van der Waals surface area (Å²) in [7, 11) is 1.55. The summed E-state index contributed by atoms with van der Waals surface area (Å²) in [5.41, 5.74) is 7.85. The Morgan fingerprint density at radius 3 is 2.56 bits per heavy atom. The number of carbonyl (C=O) groups excluding carboxylic acids is 1. The second-order valence-corrected chi connectivity index (χ2v) is 5.40. The second-order valence-electron chi connectivity index (χ2n) is 5.40. The Morgan fingerprint density at radius 1 is 1.20 bits per heavy atom. The molecule has 0 saturated carbocycles. The van der Waals surface area contributed by atoms with E-state index in [2.05, 4.69) is 0 Å². The second kappa shape index (κ2) is 7.31. The van der Waals surface area contributed by atoms with Crippen LogP contribution in [0.3, 0.4) is 0 Å². The van der Waals surface area contributed by atoms with Crippen molar-refractivity contribution in [1.82, 2.24) is 4.40 Å². The molecule has 0 aliphatic heterocycles. The van der Waals surface area contributed by atoms with Crippen LogP contribution in [0.5, 0.6) is 5.75 Å². The molecule has 2 heterocycles. The first-order valence-corrected chi connectivity index (χ1v) is 7.27. The van der Waals surface area contributed by atoms with Crippen LogP contribution >= 0.6 is 0 Å². The maximum Gasteiger partial charge on any atom is 0.337 e. The minimum Gasteiger partial charge on any atom is -0.494 e. The summed E-state index contributed by atoms with van der Waals surface area (Å²) in [5, 5.41) is 9.19. The van der Waals surface area contributed by atoms with E-state index in [1.807, 2.05) is 18.2 Å². The predicted octanol–water partition coefficient (Wildman–Crippen LogP) is 2.39. The molecule has 2 aromatic heterocycles. The number of anilines is 1. The molecule has 0 amide bonds. The summed E-state index contributed by atoms with van der Waals surface area (Å²) in [5.74, 6) is -0.844. The average molecular weight is 347 g/mol. The summed E-state index contributed by atoms with van der Waals surface area (Å²) in [4.78, 5) is 24.2. The first kappa shape index (κ1) is 19.1. The maximum atomic E-state index is 13.0. The van der Waals surface area contributed by atoms with Gasteiger partial charge < -0.3 is 20.0 Å². The number of aromatic nitrogens is 1. The molecule has 1 aromatic carbocycles. The van der Waals surface area contributed by atoms with Crippen LogP contribution in [0.1, 0.15) is 32.0 Å². The van der Waals surface area contributed by atoms with Gasteiger partial charge in [-0.15, -0.1) is 0 Å². The average Bonchev–Trinajstić information content (AvgIpc) is 2.85. The SMILES string of the molecule is COc1c(C)c(C(=O)c2ccc(N)c(C(=O)O)c2)n2ccccc12.[Na]. The number of aromatic carboxylic acids is 1. The Balaban J connectivity index is 0.00000225. The molecule has 0 bridgehead atoms. The zero-order chi connectivity index (χ0) is 17.4.